The molecule has 2 aromatic rings. The Labute approximate surface area is 169 Å². The van der Waals surface area contributed by atoms with Crippen LogP contribution < -0.4 is 10.1 Å². The van der Waals surface area contributed by atoms with Crippen molar-refractivity contribution < 1.29 is 19.1 Å². The van der Waals surface area contributed by atoms with Crippen molar-refractivity contribution in [1.82, 2.24) is 9.80 Å². The molecule has 1 heterocycles. The van der Waals surface area contributed by atoms with Crippen molar-refractivity contribution in [3.8, 4) is 11.5 Å². The Hall–Kier alpha value is -3.35. The highest BCUT2D eigenvalue weighted by Gasteiger charge is 2.58. The molecule has 0 atom stereocenters. The Bertz CT molecular complexity index is 886. The van der Waals surface area contributed by atoms with Gasteiger partial charge in [-0.2, -0.15) is 0 Å². The molecule has 1 aliphatic heterocycles. The zero-order valence-corrected chi connectivity index (χ0v) is 16.0. The van der Waals surface area contributed by atoms with Crippen LogP contribution in [0.3, 0.4) is 0 Å². The number of carbonyl (C=O) groups is 3. The van der Waals surface area contributed by atoms with E-state index in [-0.39, 0.29) is 11.8 Å². The molecule has 1 saturated heterocycles. The van der Waals surface area contributed by atoms with E-state index in [0.717, 1.165) is 12.2 Å². The molecular weight excluding hydrogens is 370 g/mol. The molecule has 7 nitrogen and oxygen atoms in total. The van der Waals surface area contributed by atoms with Crippen LogP contribution in [0.5, 0.6) is 11.5 Å². The van der Waals surface area contributed by atoms with Crippen LogP contribution in [-0.2, 0) is 14.4 Å². The molecule has 1 N–H and O–H groups in total. The number of ether oxygens (including phenoxy) is 1. The van der Waals surface area contributed by atoms with Crippen molar-refractivity contribution in [1.29, 1.82) is 0 Å². The Morgan fingerprint density at radius 3 is 2.10 bits per heavy atom. The number of nitrogens with zero attached hydrogens (tertiary/aromatic N) is 2. The zero-order chi connectivity index (χ0) is 20.3. The fourth-order valence-electron chi connectivity index (χ4n) is 3.48. The van der Waals surface area contributed by atoms with E-state index < -0.39 is 5.41 Å². The molecule has 2 aromatic carbocycles. The van der Waals surface area contributed by atoms with Crippen molar-refractivity contribution in [3.63, 3.8) is 0 Å². The monoisotopic (exact) mass is 393 g/mol. The predicted octanol–water partition coefficient (Wildman–Crippen LogP) is 2.50. The van der Waals surface area contributed by atoms with Crippen LogP contribution >= 0.6 is 0 Å². The van der Waals surface area contributed by atoms with E-state index in [4.69, 9.17) is 4.74 Å². The molecule has 3 amide bonds. The third kappa shape index (κ3) is 4.08. The molecule has 0 spiro atoms. The number of para-hydroxylation sites is 1. The van der Waals surface area contributed by atoms with Crippen LogP contribution in [0.1, 0.15) is 12.8 Å². The highest BCUT2D eigenvalue weighted by atomic mass is 16.5. The molecule has 2 aliphatic rings. The maximum absolute atomic E-state index is 12.9. The topological polar surface area (TPSA) is 79.0 Å². The minimum atomic E-state index is -0.970. The number of hydrogen-bond acceptors (Lipinski definition) is 4. The second kappa shape index (κ2) is 7.95. The lowest BCUT2D eigenvalue weighted by molar-refractivity contribution is -0.144. The first kappa shape index (κ1) is 19.0. The minimum Gasteiger partial charge on any atom is -0.457 e. The molecule has 2 fully saturated rings. The first-order chi connectivity index (χ1) is 14.1. The fraction of sp³-hybridized carbons (Fsp3) is 0.318. The summed E-state index contributed by atoms with van der Waals surface area (Å²) in [7, 11) is 0. The van der Waals surface area contributed by atoms with Gasteiger partial charge in [-0.3, -0.25) is 14.4 Å². The van der Waals surface area contributed by atoms with Gasteiger partial charge in [-0.05, 0) is 49.2 Å². The molecule has 7 heteroatoms. The number of amides is 3. The van der Waals surface area contributed by atoms with Crippen molar-refractivity contribution in [2.24, 2.45) is 5.41 Å². The molecule has 0 radical (unpaired) electrons. The van der Waals surface area contributed by atoms with Crippen LogP contribution in [0, 0.1) is 5.41 Å². The highest BCUT2D eigenvalue weighted by Crippen LogP contribution is 2.48. The number of carbonyl (C=O) groups excluding carboxylic acids is 3. The van der Waals surface area contributed by atoms with Crippen LogP contribution in [0.2, 0.25) is 0 Å². The summed E-state index contributed by atoms with van der Waals surface area (Å²) in [6, 6.07) is 16.5. The summed E-state index contributed by atoms with van der Waals surface area (Å²) in [6.07, 6.45) is 1.91. The van der Waals surface area contributed by atoms with Crippen LogP contribution in [0.15, 0.2) is 54.6 Å². The lowest BCUT2D eigenvalue weighted by Gasteiger charge is -2.34. The Balaban J connectivity index is 1.36. The van der Waals surface area contributed by atoms with E-state index in [0.29, 0.717) is 50.5 Å². The van der Waals surface area contributed by atoms with Crippen LogP contribution in [0.4, 0.5) is 5.69 Å². The summed E-state index contributed by atoms with van der Waals surface area (Å²) < 4.78 is 5.75. The average molecular weight is 393 g/mol. The van der Waals surface area contributed by atoms with Crippen LogP contribution in [-0.4, -0.2) is 54.2 Å². The van der Waals surface area contributed by atoms with Gasteiger partial charge in [0, 0.05) is 31.9 Å². The molecule has 1 aliphatic carbocycles. The smallest absolute Gasteiger partial charge is 0.240 e. The van der Waals surface area contributed by atoms with E-state index in [1.165, 1.54) is 0 Å². The van der Waals surface area contributed by atoms with E-state index in [9.17, 15) is 14.4 Å². The highest BCUT2D eigenvalue weighted by molar-refractivity contribution is 6.13. The molecular formula is C22H23N3O4. The fourth-order valence-corrected chi connectivity index (χ4v) is 3.48. The van der Waals surface area contributed by atoms with Gasteiger partial charge in [-0.25, -0.2) is 0 Å². The molecule has 150 valence electrons. The summed E-state index contributed by atoms with van der Waals surface area (Å²) in [5, 5.41) is 2.87. The zero-order valence-electron chi connectivity index (χ0n) is 16.0. The second-order valence-corrected chi connectivity index (χ2v) is 7.41. The van der Waals surface area contributed by atoms with Crippen molar-refractivity contribution in [3.05, 3.63) is 54.6 Å². The molecule has 1 saturated carbocycles. The Kier molecular flexibility index (Phi) is 5.20. The van der Waals surface area contributed by atoms with Crippen molar-refractivity contribution in [2.45, 2.75) is 12.8 Å². The van der Waals surface area contributed by atoms with Gasteiger partial charge in [0.1, 0.15) is 16.9 Å². The molecule has 0 unspecified atom stereocenters. The molecule has 29 heavy (non-hydrogen) atoms. The summed E-state index contributed by atoms with van der Waals surface area (Å²) in [5.74, 6) is 1.00. The lowest BCUT2D eigenvalue weighted by Crippen LogP contribution is -2.52. The van der Waals surface area contributed by atoms with Gasteiger partial charge in [0.2, 0.25) is 18.2 Å². The summed E-state index contributed by atoms with van der Waals surface area (Å²) in [6.45, 7) is 1.96. The first-order valence-electron chi connectivity index (χ1n) is 9.74. The first-order valence-corrected chi connectivity index (χ1v) is 9.74. The number of piperazine rings is 1. The quantitative estimate of drug-likeness (QED) is 0.604. The third-order valence-corrected chi connectivity index (χ3v) is 5.44. The third-order valence-electron chi connectivity index (χ3n) is 5.44. The second-order valence-electron chi connectivity index (χ2n) is 7.41. The van der Waals surface area contributed by atoms with Crippen molar-refractivity contribution >= 4 is 23.9 Å². The summed E-state index contributed by atoms with van der Waals surface area (Å²) >= 11 is 0. The van der Waals surface area contributed by atoms with Gasteiger partial charge in [0.15, 0.2) is 0 Å². The average Bonchev–Trinajstić information content (AvgIpc) is 3.58. The summed E-state index contributed by atoms with van der Waals surface area (Å²) in [5.41, 5.74) is -0.344. The number of rotatable bonds is 6. The van der Waals surface area contributed by atoms with Crippen LogP contribution in [0.25, 0.3) is 0 Å². The molecule has 0 bridgehead atoms. The van der Waals surface area contributed by atoms with Gasteiger partial charge in [0.25, 0.3) is 0 Å². The number of hydrogen-bond donors (Lipinski definition) is 1. The van der Waals surface area contributed by atoms with Gasteiger partial charge in [-0.1, -0.05) is 18.2 Å². The number of anilines is 1. The summed E-state index contributed by atoms with van der Waals surface area (Å²) in [4.78, 5) is 39.9. The number of nitrogens with one attached hydrogen (secondary N) is 1. The maximum Gasteiger partial charge on any atom is 0.240 e. The molecule has 4 rings (SSSR count). The molecule has 0 aromatic heterocycles. The van der Waals surface area contributed by atoms with E-state index in [1.807, 2.05) is 30.3 Å². The standard InChI is InChI=1S/C22H23N3O4/c26-16-24-12-14-25(15-13-24)21(28)22(10-11-22)20(27)23-17-6-8-19(9-7-17)29-18-4-2-1-3-5-18/h1-9,16H,10-15H2,(H,23,27). The van der Waals surface area contributed by atoms with E-state index in [1.54, 1.807) is 34.1 Å². The Morgan fingerprint density at radius 2 is 1.52 bits per heavy atom. The van der Waals surface area contributed by atoms with Gasteiger partial charge < -0.3 is 19.9 Å². The lowest BCUT2D eigenvalue weighted by atomic mass is 10.0. The SMILES string of the molecule is O=CN1CCN(C(=O)C2(C(=O)Nc3ccc(Oc4ccccc4)cc3)CC2)CC1. The van der Waals surface area contributed by atoms with Crippen molar-refractivity contribution in [2.75, 3.05) is 31.5 Å². The predicted molar refractivity (Wildman–Crippen MR) is 107 cm³/mol. The number of benzene rings is 2. The van der Waals surface area contributed by atoms with E-state index in [2.05, 4.69) is 5.32 Å². The van der Waals surface area contributed by atoms with E-state index >= 15 is 0 Å². The Morgan fingerprint density at radius 1 is 0.897 bits per heavy atom. The van der Waals surface area contributed by atoms with Gasteiger partial charge in [0.05, 0.1) is 0 Å². The van der Waals surface area contributed by atoms with Gasteiger partial charge in [-0.15, -0.1) is 0 Å². The maximum atomic E-state index is 12.9. The largest absolute Gasteiger partial charge is 0.457 e. The normalized spacial score (nSPS) is 17.4. The van der Waals surface area contributed by atoms with Gasteiger partial charge >= 0.3 is 0 Å². The minimum absolute atomic E-state index is 0.135.